The minimum absolute atomic E-state index is 0.0285. The molecule has 32 heavy (non-hydrogen) atoms. The molecule has 0 radical (unpaired) electrons. The summed E-state index contributed by atoms with van der Waals surface area (Å²) in [5.41, 5.74) is -0.0703. The Bertz CT molecular complexity index is 986. The first-order valence-corrected chi connectivity index (χ1v) is 12.3. The Morgan fingerprint density at radius 3 is 2.59 bits per heavy atom. The highest BCUT2D eigenvalue weighted by molar-refractivity contribution is 8.01. The summed E-state index contributed by atoms with van der Waals surface area (Å²) in [7, 11) is 0. The summed E-state index contributed by atoms with van der Waals surface area (Å²) in [6.45, 7) is 2.01. The summed E-state index contributed by atoms with van der Waals surface area (Å²) in [6.07, 6.45) is 4.48. The van der Waals surface area contributed by atoms with Gasteiger partial charge in [0.25, 0.3) is 11.6 Å². The van der Waals surface area contributed by atoms with Crippen molar-refractivity contribution in [2.45, 2.75) is 36.1 Å². The van der Waals surface area contributed by atoms with Crippen LogP contribution in [0, 0.1) is 10.1 Å². The van der Waals surface area contributed by atoms with Crippen molar-refractivity contribution in [1.29, 1.82) is 0 Å². The second kappa shape index (κ2) is 10.3. The molecule has 4 rings (SSSR count). The third-order valence-electron chi connectivity index (χ3n) is 5.61. The van der Waals surface area contributed by atoms with Crippen molar-refractivity contribution >= 4 is 45.7 Å². The fraction of sp³-hybridized carbons (Fsp3) is 0.500. The van der Waals surface area contributed by atoms with Gasteiger partial charge < -0.3 is 15.1 Å². The van der Waals surface area contributed by atoms with Gasteiger partial charge in [-0.05, 0) is 18.9 Å². The Morgan fingerprint density at radius 1 is 1.16 bits per heavy atom. The number of nitrogens with zero attached hydrogens (tertiary/aromatic N) is 5. The number of benzene rings is 1. The molecule has 0 spiro atoms. The van der Waals surface area contributed by atoms with E-state index >= 15 is 0 Å². The van der Waals surface area contributed by atoms with Crippen LogP contribution in [0.15, 0.2) is 28.6 Å². The first-order chi connectivity index (χ1) is 15.5. The van der Waals surface area contributed by atoms with E-state index < -0.39 is 4.92 Å². The number of thioether (sulfide) groups is 1. The third-order valence-corrected chi connectivity index (χ3v) is 7.73. The zero-order chi connectivity index (χ0) is 22.5. The molecule has 10 nitrogen and oxygen atoms in total. The maximum Gasteiger partial charge on any atom is 0.282 e. The van der Waals surface area contributed by atoms with Crippen LogP contribution in [0.25, 0.3) is 0 Å². The quantitative estimate of drug-likeness (QED) is 0.368. The van der Waals surface area contributed by atoms with Crippen molar-refractivity contribution in [3.05, 3.63) is 39.9 Å². The monoisotopic (exact) mass is 476 g/mol. The predicted molar refractivity (Wildman–Crippen MR) is 122 cm³/mol. The van der Waals surface area contributed by atoms with Crippen LogP contribution < -0.4 is 10.2 Å². The highest BCUT2D eigenvalue weighted by Crippen LogP contribution is 2.29. The molecule has 2 fully saturated rings. The van der Waals surface area contributed by atoms with E-state index in [4.69, 9.17) is 0 Å². The molecule has 1 saturated heterocycles. The molecular weight excluding hydrogens is 452 g/mol. The molecule has 0 bridgehead atoms. The highest BCUT2D eigenvalue weighted by atomic mass is 32.2. The van der Waals surface area contributed by atoms with Gasteiger partial charge in [-0.25, -0.2) is 0 Å². The Morgan fingerprint density at radius 2 is 1.88 bits per heavy atom. The molecule has 0 atom stereocenters. The van der Waals surface area contributed by atoms with E-state index in [1.807, 2.05) is 4.90 Å². The Hall–Kier alpha value is -2.73. The number of hydrogen-bond donors (Lipinski definition) is 1. The number of carbonyl (C=O) groups excluding carboxylic acids is 2. The van der Waals surface area contributed by atoms with Gasteiger partial charge in [0.1, 0.15) is 5.56 Å². The van der Waals surface area contributed by atoms with Crippen molar-refractivity contribution in [2.24, 2.45) is 0 Å². The van der Waals surface area contributed by atoms with Gasteiger partial charge in [-0.15, -0.1) is 10.2 Å². The summed E-state index contributed by atoms with van der Waals surface area (Å²) in [4.78, 5) is 39.2. The van der Waals surface area contributed by atoms with Gasteiger partial charge in [0.05, 0.1) is 10.7 Å². The van der Waals surface area contributed by atoms with E-state index in [1.54, 1.807) is 17.0 Å². The zero-order valence-corrected chi connectivity index (χ0v) is 19.1. The van der Waals surface area contributed by atoms with Crippen molar-refractivity contribution in [2.75, 3.05) is 36.8 Å². The average molecular weight is 477 g/mol. The normalized spacial score (nSPS) is 16.9. The molecule has 1 aromatic heterocycles. The number of nitrogens with one attached hydrogen (secondary N) is 1. The fourth-order valence-electron chi connectivity index (χ4n) is 3.94. The lowest BCUT2D eigenvalue weighted by atomic mass is 10.1. The van der Waals surface area contributed by atoms with Gasteiger partial charge in [0.15, 0.2) is 4.34 Å². The maximum absolute atomic E-state index is 12.8. The van der Waals surface area contributed by atoms with Crippen LogP contribution in [0.4, 0.5) is 10.8 Å². The molecule has 1 aromatic carbocycles. The molecule has 1 N–H and O–H groups in total. The lowest BCUT2D eigenvalue weighted by Crippen LogP contribution is -2.48. The minimum atomic E-state index is -0.530. The maximum atomic E-state index is 12.8. The lowest BCUT2D eigenvalue weighted by Gasteiger charge is -2.34. The van der Waals surface area contributed by atoms with E-state index in [0.717, 1.165) is 22.3 Å². The minimum Gasteiger partial charge on any atom is -0.353 e. The SMILES string of the molecule is O=C(CSc1nnc(N2CCN(C(=O)c3ccccc3[N+](=O)[O-])CC2)s1)NC1CCCC1. The Kier molecular flexibility index (Phi) is 7.20. The predicted octanol–water partition coefficient (Wildman–Crippen LogP) is 2.56. The summed E-state index contributed by atoms with van der Waals surface area (Å²) < 4.78 is 0.736. The number of piperazine rings is 1. The summed E-state index contributed by atoms with van der Waals surface area (Å²) in [6, 6.07) is 6.33. The van der Waals surface area contributed by atoms with Crippen LogP contribution in [-0.4, -0.2) is 69.8 Å². The number of para-hydroxylation sites is 1. The summed E-state index contributed by atoms with van der Waals surface area (Å²) in [5.74, 6) is 0.0167. The number of anilines is 1. The Balaban J connectivity index is 1.27. The van der Waals surface area contributed by atoms with Crippen LogP contribution in [0.3, 0.4) is 0 Å². The van der Waals surface area contributed by atoms with Crippen LogP contribution in [0.2, 0.25) is 0 Å². The highest BCUT2D eigenvalue weighted by Gasteiger charge is 2.28. The number of nitro groups is 1. The number of aromatic nitrogens is 2. The topological polar surface area (TPSA) is 122 Å². The second-order valence-corrected chi connectivity index (χ2v) is 9.92. The fourth-order valence-corrected chi connectivity index (χ4v) is 5.64. The number of hydrogen-bond acceptors (Lipinski definition) is 9. The summed E-state index contributed by atoms with van der Waals surface area (Å²) in [5, 5.41) is 23.5. The van der Waals surface area contributed by atoms with Crippen molar-refractivity contribution in [1.82, 2.24) is 20.4 Å². The molecule has 2 heterocycles. The van der Waals surface area contributed by atoms with Gasteiger partial charge in [0.2, 0.25) is 11.0 Å². The van der Waals surface area contributed by atoms with Gasteiger partial charge >= 0.3 is 0 Å². The third kappa shape index (κ3) is 5.36. The number of carbonyl (C=O) groups is 2. The van der Waals surface area contributed by atoms with E-state index in [0.29, 0.717) is 38.0 Å². The van der Waals surface area contributed by atoms with E-state index in [9.17, 15) is 19.7 Å². The number of rotatable bonds is 7. The zero-order valence-electron chi connectivity index (χ0n) is 17.4. The molecule has 12 heteroatoms. The van der Waals surface area contributed by atoms with E-state index in [1.165, 1.54) is 48.1 Å². The van der Waals surface area contributed by atoms with Gasteiger partial charge in [-0.3, -0.25) is 19.7 Å². The van der Waals surface area contributed by atoms with Gasteiger partial charge in [-0.2, -0.15) is 0 Å². The Labute approximate surface area is 193 Å². The molecular formula is C20H24N6O4S2. The van der Waals surface area contributed by atoms with Crippen LogP contribution >= 0.6 is 23.1 Å². The van der Waals surface area contributed by atoms with Crippen LogP contribution in [0.5, 0.6) is 0 Å². The molecule has 1 aliphatic carbocycles. The molecule has 0 unspecified atom stereocenters. The van der Waals surface area contributed by atoms with Crippen molar-refractivity contribution in [3.8, 4) is 0 Å². The van der Waals surface area contributed by atoms with Gasteiger partial charge in [0, 0.05) is 38.3 Å². The van der Waals surface area contributed by atoms with Crippen LogP contribution in [-0.2, 0) is 4.79 Å². The van der Waals surface area contributed by atoms with Crippen molar-refractivity contribution < 1.29 is 14.5 Å². The first kappa shape index (κ1) is 22.5. The van der Waals surface area contributed by atoms with Gasteiger partial charge in [-0.1, -0.05) is 48.1 Å². The average Bonchev–Trinajstić information content (AvgIpc) is 3.49. The molecule has 1 aliphatic heterocycles. The lowest BCUT2D eigenvalue weighted by molar-refractivity contribution is -0.385. The molecule has 2 amide bonds. The van der Waals surface area contributed by atoms with Crippen LogP contribution in [0.1, 0.15) is 36.0 Å². The molecule has 1 saturated carbocycles. The standard InChI is InChI=1S/C20H24N6O4S2/c27-17(21-14-5-1-2-6-14)13-31-20-23-22-19(32-20)25-11-9-24(10-12-25)18(28)15-7-3-4-8-16(15)26(29)30/h3-4,7-8,14H,1-2,5-6,9-13H2,(H,21,27). The molecule has 2 aliphatic rings. The largest absolute Gasteiger partial charge is 0.353 e. The molecule has 170 valence electrons. The van der Waals surface area contributed by atoms with Crippen molar-refractivity contribution in [3.63, 3.8) is 0 Å². The van der Waals surface area contributed by atoms with E-state index in [2.05, 4.69) is 15.5 Å². The number of nitro benzene ring substituents is 1. The smallest absolute Gasteiger partial charge is 0.282 e. The second-order valence-electron chi connectivity index (χ2n) is 7.74. The molecule has 2 aromatic rings. The summed E-state index contributed by atoms with van der Waals surface area (Å²) >= 11 is 2.81. The van der Waals surface area contributed by atoms with E-state index in [-0.39, 0.29) is 23.1 Å². The number of amides is 2. The first-order valence-electron chi connectivity index (χ1n) is 10.5.